The SMILES string of the molecule is CS(=O)(=O)CS(=O)(=O)NC(CN)c1ccccc1. The molecule has 1 rings (SSSR count). The fourth-order valence-electron chi connectivity index (χ4n) is 1.47. The summed E-state index contributed by atoms with van der Waals surface area (Å²) < 4.78 is 47.6. The molecule has 0 aliphatic heterocycles. The van der Waals surface area contributed by atoms with Crippen molar-refractivity contribution >= 4 is 19.9 Å². The molecule has 3 N–H and O–H groups in total. The zero-order valence-electron chi connectivity index (χ0n) is 9.91. The third-order valence-corrected chi connectivity index (χ3v) is 5.73. The lowest BCUT2D eigenvalue weighted by Gasteiger charge is -2.16. The molecular formula is C10H16N2O4S2. The average Bonchev–Trinajstić information content (AvgIpc) is 2.24. The monoisotopic (exact) mass is 292 g/mol. The Morgan fingerprint density at radius 1 is 1.17 bits per heavy atom. The van der Waals surface area contributed by atoms with Crippen LogP contribution in [-0.2, 0) is 19.9 Å². The van der Waals surface area contributed by atoms with Crippen LogP contribution in [0.15, 0.2) is 30.3 Å². The number of benzene rings is 1. The molecule has 102 valence electrons. The van der Waals surface area contributed by atoms with E-state index in [-0.39, 0.29) is 6.54 Å². The van der Waals surface area contributed by atoms with Gasteiger partial charge in [-0.05, 0) is 5.56 Å². The largest absolute Gasteiger partial charge is 0.329 e. The highest BCUT2D eigenvalue weighted by atomic mass is 32.3. The molecule has 8 heteroatoms. The van der Waals surface area contributed by atoms with E-state index in [0.717, 1.165) is 6.26 Å². The number of nitrogens with two attached hydrogens (primary N) is 1. The van der Waals surface area contributed by atoms with Crippen LogP contribution in [0.4, 0.5) is 0 Å². The summed E-state index contributed by atoms with van der Waals surface area (Å²) in [6.07, 6.45) is 0.867. The molecule has 18 heavy (non-hydrogen) atoms. The zero-order chi connectivity index (χ0) is 13.8. The van der Waals surface area contributed by atoms with E-state index in [4.69, 9.17) is 5.73 Å². The van der Waals surface area contributed by atoms with Gasteiger partial charge in [-0.25, -0.2) is 21.6 Å². The van der Waals surface area contributed by atoms with Gasteiger partial charge in [0.05, 0.1) is 6.04 Å². The molecular weight excluding hydrogens is 276 g/mol. The summed E-state index contributed by atoms with van der Waals surface area (Å²) >= 11 is 0. The molecule has 0 saturated carbocycles. The molecule has 0 saturated heterocycles. The fourth-order valence-corrected chi connectivity index (χ4v) is 4.66. The molecule has 1 atom stereocenters. The van der Waals surface area contributed by atoms with E-state index in [1.807, 2.05) is 0 Å². The van der Waals surface area contributed by atoms with Gasteiger partial charge in [-0.1, -0.05) is 30.3 Å². The molecule has 0 fully saturated rings. The molecule has 0 spiro atoms. The molecule has 1 aromatic carbocycles. The van der Waals surface area contributed by atoms with Crippen LogP contribution in [-0.4, -0.2) is 34.7 Å². The Morgan fingerprint density at radius 3 is 2.17 bits per heavy atom. The van der Waals surface area contributed by atoms with Crippen molar-refractivity contribution in [1.82, 2.24) is 4.72 Å². The van der Waals surface area contributed by atoms with Crippen LogP contribution in [0, 0.1) is 0 Å². The van der Waals surface area contributed by atoms with Crippen molar-refractivity contribution < 1.29 is 16.8 Å². The van der Waals surface area contributed by atoms with Crippen LogP contribution >= 0.6 is 0 Å². The summed E-state index contributed by atoms with van der Waals surface area (Å²) in [7, 11) is -7.53. The molecule has 0 heterocycles. The van der Waals surface area contributed by atoms with Gasteiger partial charge in [-0.3, -0.25) is 0 Å². The van der Waals surface area contributed by atoms with Crippen molar-refractivity contribution in [1.29, 1.82) is 0 Å². The van der Waals surface area contributed by atoms with Crippen molar-refractivity contribution in [2.24, 2.45) is 5.73 Å². The molecule has 1 unspecified atom stereocenters. The van der Waals surface area contributed by atoms with E-state index >= 15 is 0 Å². The lowest BCUT2D eigenvalue weighted by atomic mass is 10.1. The first-order valence-corrected chi connectivity index (χ1v) is 8.87. The summed E-state index contributed by atoms with van der Waals surface area (Å²) in [6.45, 7) is 0.0486. The quantitative estimate of drug-likeness (QED) is 0.742. The van der Waals surface area contributed by atoms with Crippen LogP contribution in [0.3, 0.4) is 0 Å². The number of nitrogens with one attached hydrogen (secondary N) is 1. The Labute approximate surface area is 107 Å². The van der Waals surface area contributed by atoms with Gasteiger partial charge in [0.2, 0.25) is 10.0 Å². The Balaban J connectivity index is 2.88. The van der Waals surface area contributed by atoms with Gasteiger partial charge in [0, 0.05) is 12.8 Å². The van der Waals surface area contributed by atoms with E-state index in [9.17, 15) is 16.8 Å². The minimum absolute atomic E-state index is 0.0486. The molecule has 0 aliphatic carbocycles. The number of sulfonamides is 1. The maximum absolute atomic E-state index is 11.6. The Bertz CT molecular complexity index is 582. The topological polar surface area (TPSA) is 106 Å². The van der Waals surface area contributed by atoms with Gasteiger partial charge < -0.3 is 5.73 Å². The first-order valence-electron chi connectivity index (χ1n) is 5.16. The van der Waals surface area contributed by atoms with Crippen LogP contribution < -0.4 is 10.5 Å². The molecule has 0 aliphatic rings. The minimum Gasteiger partial charge on any atom is -0.329 e. The van der Waals surface area contributed by atoms with Gasteiger partial charge in [0.15, 0.2) is 14.9 Å². The summed E-state index contributed by atoms with van der Waals surface area (Å²) in [5.74, 6) is 0. The molecule has 0 radical (unpaired) electrons. The summed E-state index contributed by atoms with van der Waals surface area (Å²) in [5.41, 5.74) is 6.19. The molecule has 6 nitrogen and oxygen atoms in total. The van der Waals surface area contributed by atoms with Gasteiger partial charge >= 0.3 is 0 Å². The first kappa shape index (κ1) is 15.1. The first-order chi connectivity index (χ1) is 8.23. The number of sulfone groups is 1. The van der Waals surface area contributed by atoms with E-state index < -0.39 is 31.0 Å². The van der Waals surface area contributed by atoms with Crippen LogP contribution in [0.2, 0.25) is 0 Å². The van der Waals surface area contributed by atoms with Crippen molar-refractivity contribution in [3.63, 3.8) is 0 Å². The normalized spacial score (nSPS) is 14.3. The van der Waals surface area contributed by atoms with Gasteiger partial charge in [-0.15, -0.1) is 0 Å². The van der Waals surface area contributed by atoms with E-state index in [1.54, 1.807) is 30.3 Å². The summed E-state index contributed by atoms with van der Waals surface area (Å²) in [6, 6.07) is 8.12. The van der Waals surface area contributed by atoms with Crippen molar-refractivity contribution in [3.05, 3.63) is 35.9 Å². The summed E-state index contributed by atoms with van der Waals surface area (Å²) in [4.78, 5) is 0. The predicted octanol–water partition coefficient (Wildman–Crippen LogP) is -0.392. The number of hydrogen-bond acceptors (Lipinski definition) is 5. The second-order valence-corrected chi connectivity index (χ2v) is 8.23. The maximum Gasteiger partial charge on any atom is 0.226 e. The third-order valence-electron chi connectivity index (χ3n) is 2.13. The van der Waals surface area contributed by atoms with Gasteiger partial charge in [-0.2, -0.15) is 0 Å². The standard InChI is InChI=1S/C10H16N2O4S2/c1-17(13,14)8-18(15,16)12-10(7-11)9-5-3-2-4-6-9/h2-6,10,12H,7-8,11H2,1H3. The molecule has 1 aromatic rings. The van der Waals surface area contributed by atoms with Gasteiger partial charge in [0.1, 0.15) is 0 Å². The van der Waals surface area contributed by atoms with Crippen LogP contribution in [0.1, 0.15) is 11.6 Å². The second-order valence-electron chi connectivity index (χ2n) is 3.98. The van der Waals surface area contributed by atoms with E-state index in [0.29, 0.717) is 5.56 Å². The average molecular weight is 292 g/mol. The van der Waals surface area contributed by atoms with Crippen molar-refractivity contribution in [2.75, 3.05) is 17.9 Å². The van der Waals surface area contributed by atoms with Crippen molar-refractivity contribution in [2.45, 2.75) is 6.04 Å². The Kier molecular flexibility index (Phi) is 4.85. The second kappa shape index (κ2) is 5.79. The van der Waals surface area contributed by atoms with E-state index in [1.165, 1.54) is 0 Å². The highest BCUT2D eigenvalue weighted by Crippen LogP contribution is 2.12. The van der Waals surface area contributed by atoms with E-state index in [2.05, 4.69) is 4.72 Å². The van der Waals surface area contributed by atoms with Crippen LogP contribution in [0.25, 0.3) is 0 Å². The summed E-state index contributed by atoms with van der Waals surface area (Å²) in [5, 5.41) is -0.941. The highest BCUT2D eigenvalue weighted by molar-refractivity contribution is 8.06. The van der Waals surface area contributed by atoms with Gasteiger partial charge in [0.25, 0.3) is 0 Å². The maximum atomic E-state index is 11.6. The number of rotatable bonds is 6. The Hall–Kier alpha value is -0.960. The smallest absolute Gasteiger partial charge is 0.226 e. The predicted molar refractivity (Wildman–Crippen MR) is 70.0 cm³/mol. The fraction of sp³-hybridized carbons (Fsp3) is 0.400. The third kappa shape index (κ3) is 5.13. The molecule has 0 amide bonds. The minimum atomic E-state index is -3.92. The molecule has 0 bridgehead atoms. The molecule has 0 aromatic heterocycles. The lowest BCUT2D eigenvalue weighted by molar-refractivity contribution is 0.560. The Morgan fingerprint density at radius 2 is 1.72 bits per heavy atom. The van der Waals surface area contributed by atoms with Crippen LogP contribution in [0.5, 0.6) is 0 Å². The highest BCUT2D eigenvalue weighted by Gasteiger charge is 2.22. The number of hydrogen-bond donors (Lipinski definition) is 2. The zero-order valence-corrected chi connectivity index (χ0v) is 11.5. The van der Waals surface area contributed by atoms with Crippen molar-refractivity contribution in [3.8, 4) is 0 Å². The lowest BCUT2D eigenvalue weighted by Crippen LogP contribution is -2.36.